The lowest BCUT2D eigenvalue weighted by atomic mass is 9.72. The van der Waals surface area contributed by atoms with E-state index in [1.54, 1.807) is 20.8 Å². The number of aliphatic carboxylic acids is 1. The number of rotatable bonds is 9. The molecule has 0 saturated carbocycles. The fraction of sp³-hybridized carbons (Fsp3) is 0.529. The number of allylic oxidation sites excluding steroid dienone is 1. The highest BCUT2D eigenvalue weighted by atomic mass is 19.4. The van der Waals surface area contributed by atoms with Crippen LogP contribution in [0.15, 0.2) is 42.0 Å². The first-order chi connectivity index (χ1) is 21.1. The number of alkyl halides is 6. The molecule has 0 aromatic heterocycles. The minimum atomic E-state index is -5.04. The first-order valence-corrected chi connectivity index (χ1v) is 15.0. The van der Waals surface area contributed by atoms with Crippen LogP contribution in [0.25, 0.3) is 5.57 Å². The Hall–Kier alpha value is -3.70. The summed E-state index contributed by atoms with van der Waals surface area (Å²) in [6, 6.07) is 6.03. The summed E-state index contributed by atoms with van der Waals surface area (Å²) < 4.78 is 92.5. The number of nitrogens with zero attached hydrogens (tertiary/aromatic N) is 1. The Balaban J connectivity index is 1.71. The highest BCUT2D eigenvalue weighted by Gasteiger charge is 2.44. The van der Waals surface area contributed by atoms with E-state index in [0.717, 1.165) is 28.7 Å². The average Bonchev–Trinajstić information content (AvgIpc) is 3.23. The summed E-state index contributed by atoms with van der Waals surface area (Å²) in [6.45, 7) is 9.10. The molecule has 0 spiro atoms. The van der Waals surface area contributed by atoms with Gasteiger partial charge >= 0.3 is 24.4 Å². The Labute approximate surface area is 264 Å². The van der Waals surface area contributed by atoms with E-state index in [1.807, 2.05) is 18.2 Å². The summed E-state index contributed by atoms with van der Waals surface area (Å²) in [5.41, 5.74) is -0.911. The third kappa shape index (κ3) is 7.63. The number of carbonyl (C=O) groups is 2. The molecule has 1 fully saturated rings. The molecule has 2 aliphatic rings. The molecule has 46 heavy (non-hydrogen) atoms. The van der Waals surface area contributed by atoms with E-state index >= 15 is 0 Å². The van der Waals surface area contributed by atoms with Crippen molar-refractivity contribution < 1.29 is 50.5 Å². The normalized spacial score (nSPS) is 20.6. The van der Waals surface area contributed by atoms with E-state index < -0.39 is 53.1 Å². The molecule has 0 radical (unpaired) electrons. The molecule has 12 heteroatoms. The van der Waals surface area contributed by atoms with Gasteiger partial charge in [-0.05, 0) is 111 Å². The van der Waals surface area contributed by atoms with Crippen LogP contribution < -0.4 is 4.74 Å². The molecule has 252 valence electrons. The lowest BCUT2D eigenvalue weighted by molar-refractivity contribution is -0.147. The van der Waals surface area contributed by atoms with Gasteiger partial charge in [-0.25, -0.2) is 4.79 Å². The number of hydrogen-bond acceptors (Lipinski definition) is 4. The van der Waals surface area contributed by atoms with E-state index in [4.69, 9.17) is 9.47 Å². The topological polar surface area (TPSA) is 76.1 Å². The van der Waals surface area contributed by atoms with Crippen LogP contribution >= 0.6 is 0 Å². The van der Waals surface area contributed by atoms with Crippen LogP contribution in [0.5, 0.6) is 5.75 Å². The molecule has 1 aliphatic carbocycles. The van der Waals surface area contributed by atoms with Crippen molar-refractivity contribution in [2.45, 2.75) is 91.2 Å². The zero-order valence-corrected chi connectivity index (χ0v) is 26.7. The third-order valence-electron chi connectivity index (χ3n) is 9.07. The second kappa shape index (κ2) is 12.5. The number of ether oxygens (including phenoxy) is 2. The third-order valence-corrected chi connectivity index (χ3v) is 9.07. The van der Waals surface area contributed by atoms with E-state index in [0.29, 0.717) is 43.6 Å². The van der Waals surface area contributed by atoms with Crippen LogP contribution in [0, 0.1) is 10.8 Å². The molecule has 2 atom stereocenters. The van der Waals surface area contributed by atoms with E-state index in [1.165, 1.54) is 12.0 Å². The largest absolute Gasteiger partial charge is 0.496 e. The molecule has 4 rings (SSSR count). The van der Waals surface area contributed by atoms with Crippen molar-refractivity contribution >= 4 is 17.6 Å². The summed E-state index contributed by atoms with van der Waals surface area (Å²) in [7, 11) is 1.54. The number of methoxy groups -OCH3 is 1. The fourth-order valence-corrected chi connectivity index (χ4v) is 6.11. The standard InChI is InChI=1S/C34H39F6NO5/c1-19-28(21-14-23(33(35,36)37)16-24(15-21)34(38,39)40)46-30(44)41(19)18-22-17-31(2,3)11-10-25(22)26-13-20(7-8-27(26)45-6)9-12-32(4,5)29(42)43/h7-8,13-16,19,28H,9-12,17-18H2,1-6H3,(H,42,43)/t19-,28-/m0/s1. The van der Waals surface area contributed by atoms with Crippen LogP contribution in [-0.2, 0) is 28.3 Å². The minimum Gasteiger partial charge on any atom is -0.496 e. The molecule has 0 unspecified atom stereocenters. The fourth-order valence-electron chi connectivity index (χ4n) is 6.11. The van der Waals surface area contributed by atoms with Crippen molar-refractivity contribution in [1.29, 1.82) is 0 Å². The van der Waals surface area contributed by atoms with Gasteiger partial charge in [0.25, 0.3) is 0 Å². The first-order valence-electron chi connectivity index (χ1n) is 15.0. The summed E-state index contributed by atoms with van der Waals surface area (Å²) in [6.07, 6.45) is -9.34. The first kappa shape index (κ1) is 35.2. The molecular weight excluding hydrogens is 616 g/mol. The van der Waals surface area contributed by atoms with Gasteiger partial charge in [0.15, 0.2) is 0 Å². The van der Waals surface area contributed by atoms with Crippen LogP contribution in [0.4, 0.5) is 31.1 Å². The number of carbonyl (C=O) groups excluding carboxylic acids is 1. The zero-order valence-electron chi connectivity index (χ0n) is 26.7. The van der Waals surface area contributed by atoms with Gasteiger partial charge in [0.2, 0.25) is 0 Å². The molecule has 1 aliphatic heterocycles. The molecule has 1 amide bonds. The summed E-state index contributed by atoms with van der Waals surface area (Å²) in [4.78, 5) is 26.2. The Morgan fingerprint density at radius 3 is 2.20 bits per heavy atom. The Kier molecular flexibility index (Phi) is 9.54. The van der Waals surface area contributed by atoms with E-state index in [9.17, 15) is 41.0 Å². The maximum atomic E-state index is 13.6. The summed E-state index contributed by atoms with van der Waals surface area (Å²) >= 11 is 0. The molecule has 6 nitrogen and oxygen atoms in total. The van der Waals surface area contributed by atoms with E-state index in [-0.39, 0.29) is 23.6 Å². The minimum absolute atomic E-state index is 0.0497. The molecule has 2 aromatic carbocycles. The number of halogens is 6. The van der Waals surface area contributed by atoms with Crippen LogP contribution in [0.3, 0.4) is 0 Å². The van der Waals surface area contributed by atoms with Gasteiger partial charge in [0.1, 0.15) is 11.9 Å². The summed E-state index contributed by atoms with van der Waals surface area (Å²) in [5, 5.41) is 9.54. The van der Waals surface area contributed by atoms with Crippen LogP contribution in [0.1, 0.15) is 94.2 Å². The monoisotopic (exact) mass is 655 g/mol. The number of carboxylic acids is 1. The molecule has 2 aromatic rings. The number of amides is 1. The highest BCUT2D eigenvalue weighted by molar-refractivity contribution is 5.77. The summed E-state index contributed by atoms with van der Waals surface area (Å²) in [5.74, 6) is -0.308. The van der Waals surface area contributed by atoms with Gasteiger partial charge in [-0.1, -0.05) is 19.9 Å². The predicted octanol–water partition coefficient (Wildman–Crippen LogP) is 9.32. The van der Waals surface area contributed by atoms with Gasteiger partial charge in [-0.15, -0.1) is 0 Å². The van der Waals surface area contributed by atoms with Gasteiger partial charge < -0.3 is 14.6 Å². The lowest BCUT2D eigenvalue weighted by Crippen LogP contribution is -2.35. The lowest BCUT2D eigenvalue weighted by Gasteiger charge is -2.36. The van der Waals surface area contributed by atoms with Gasteiger partial charge in [-0.3, -0.25) is 9.69 Å². The second-order valence-electron chi connectivity index (χ2n) is 13.7. The quantitative estimate of drug-likeness (QED) is 0.273. The van der Waals surface area contributed by atoms with E-state index in [2.05, 4.69) is 13.8 Å². The second-order valence-corrected chi connectivity index (χ2v) is 13.7. The molecule has 0 bridgehead atoms. The Morgan fingerprint density at radius 1 is 1.04 bits per heavy atom. The Morgan fingerprint density at radius 2 is 1.65 bits per heavy atom. The van der Waals surface area contributed by atoms with Crippen molar-refractivity contribution in [3.8, 4) is 5.75 Å². The molecule has 1 heterocycles. The molecular formula is C34H39F6NO5. The smallest absolute Gasteiger partial charge is 0.416 e. The number of hydrogen-bond donors (Lipinski definition) is 1. The SMILES string of the molecule is COc1ccc(CCC(C)(C)C(=O)O)cc1C1=C(CN2C(=O)O[C@H](c3cc(C(F)(F)F)cc(C(F)(F)F)c3)[C@@H]2C)CC(C)(C)CC1. The van der Waals surface area contributed by atoms with Crippen molar-refractivity contribution in [1.82, 2.24) is 4.90 Å². The van der Waals surface area contributed by atoms with Crippen LogP contribution in [-0.4, -0.2) is 41.8 Å². The zero-order chi connectivity index (χ0) is 34.4. The number of benzene rings is 2. The van der Waals surface area contributed by atoms with Gasteiger partial charge in [-0.2, -0.15) is 26.3 Å². The molecule has 1 saturated heterocycles. The van der Waals surface area contributed by atoms with Crippen LogP contribution in [0.2, 0.25) is 0 Å². The highest BCUT2D eigenvalue weighted by Crippen LogP contribution is 2.47. The number of aryl methyl sites for hydroxylation is 1. The maximum absolute atomic E-state index is 13.6. The van der Waals surface area contributed by atoms with Crippen molar-refractivity contribution in [2.75, 3.05) is 13.7 Å². The molecule has 1 N–H and O–H groups in total. The predicted molar refractivity (Wildman–Crippen MR) is 159 cm³/mol. The van der Waals surface area contributed by atoms with Crippen molar-refractivity contribution in [3.05, 3.63) is 69.8 Å². The number of cyclic esters (lactones) is 1. The number of carboxylic acid groups (broad SMARTS) is 1. The van der Waals surface area contributed by atoms with Crippen molar-refractivity contribution in [3.63, 3.8) is 0 Å². The van der Waals surface area contributed by atoms with Gasteiger partial charge in [0.05, 0.1) is 29.7 Å². The Bertz CT molecular complexity index is 1490. The van der Waals surface area contributed by atoms with Crippen molar-refractivity contribution in [2.24, 2.45) is 10.8 Å². The maximum Gasteiger partial charge on any atom is 0.416 e. The van der Waals surface area contributed by atoms with Gasteiger partial charge in [0, 0.05) is 12.1 Å². The average molecular weight is 656 g/mol.